The number of fused-ring (bicyclic) bond motifs is 1. The second-order valence-corrected chi connectivity index (χ2v) is 9.68. The summed E-state index contributed by atoms with van der Waals surface area (Å²) in [5.41, 5.74) is 3.29. The van der Waals surface area contributed by atoms with Gasteiger partial charge in [-0.25, -0.2) is 8.42 Å². The molecular formula is C25H26N2O5S. The molecule has 172 valence electrons. The first kappa shape index (κ1) is 22.8. The zero-order valence-electron chi connectivity index (χ0n) is 18.7. The number of nitrogens with one attached hydrogen (secondary N) is 1. The van der Waals surface area contributed by atoms with E-state index >= 15 is 0 Å². The van der Waals surface area contributed by atoms with Crippen LogP contribution in [0.5, 0.6) is 11.5 Å². The predicted molar refractivity (Wildman–Crippen MR) is 126 cm³/mol. The topological polar surface area (TPSA) is 84.9 Å². The Balaban J connectivity index is 1.81. The SMILES string of the molecule is COc1cc2c(cc1OC)[C@H](c1ccccc1)N(S(=O)(=O)c1ccc(NC(C)=O)cc1)CC2. The van der Waals surface area contributed by atoms with E-state index in [9.17, 15) is 13.2 Å². The highest BCUT2D eigenvalue weighted by Gasteiger charge is 2.38. The number of ether oxygens (including phenoxy) is 2. The number of rotatable bonds is 6. The minimum Gasteiger partial charge on any atom is -0.493 e. The lowest BCUT2D eigenvalue weighted by molar-refractivity contribution is -0.114. The van der Waals surface area contributed by atoms with E-state index in [-0.39, 0.29) is 10.8 Å². The first-order valence-corrected chi connectivity index (χ1v) is 12.0. The molecule has 33 heavy (non-hydrogen) atoms. The molecule has 0 aromatic heterocycles. The quantitative estimate of drug-likeness (QED) is 0.594. The molecule has 0 radical (unpaired) electrons. The largest absolute Gasteiger partial charge is 0.493 e. The van der Waals surface area contributed by atoms with Crippen molar-refractivity contribution in [1.82, 2.24) is 4.31 Å². The van der Waals surface area contributed by atoms with Crippen LogP contribution in [0.3, 0.4) is 0 Å². The van der Waals surface area contributed by atoms with Crippen molar-refractivity contribution in [2.24, 2.45) is 0 Å². The molecule has 0 bridgehead atoms. The highest BCUT2D eigenvalue weighted by molar-refractivity contribution is 7.89. The number of nitrogens with zero attached hydrogens (tertiary/aromatic N) is 1. The van der Waals surface area contributed by atoms with E-state index in [1.165, 1.54) is 23.4 Å². The van der Waals surface area contributed by atoms with E-state index in [0.717, 1.165) is 16.7 Å². The monoisotopic (exact) mass is 466 g/mol. The molecule has 7 nitrogen and oxygen atoms in total. The zero-order chi connectivity index (χ0) is 23.6. The molecular weight excluding hydrogens is 440 g/mol. The van der Waals surface area contributed by atoms with E-state index in [1.54, 1.807) is 26.4 Å². The van der Waals surface area contributed by atoms with Gasteiger partial charge in [0.1, 0.15) is 0 Å². The van der Waals surface area contributed by atoms with Gasteiger partial charge in [-0.15, -0.1) is 0 Å². The molecule has 0 spiro atoms. The van der Waals surface area contributed by atoms with Gasteiger partial charge < -0.3 is 14.8 Å². The first-order valence-electron chi connectivity index (χ1n) is 10.5. The summed E-state index contributed by atoms with van der Waals surface area (Å²) in [6.45, 7) is 1.72. The molecule has 1 heterocycles. The molecule has 0 fully saturated rings. The van der Waals surface area contributed by atoms with Gasteiger partial charge in [0.2, 0.25) is 15.9 Å². The molecule has 0 saturated heterocycles. The van der Waals surface area contributed by atoms with Crippen LogP contribution in [0, 0.1) is 0 Å². The van der Waals surface area contributed by atoms with Gasteiger partial charge in [0.15, 0.2) is 11.5 Å². The standard InChI is InChI=1S/C25H26N2O5S/c1-17(28)26-20-9-11-21(12-10-20)33(29,30)27-14-13-19-15-23(31-2)24(32-3)16-22(19)25(27)18-7-5-4-6-8-18/h4-12,15-16,25H,13-14H2,1-3H3,(H,26,28)/t25-/m0/s1. The molecule has 3 aromatic rings. The van der Waals surface area contributed by atoms with Crippen LogP contribution in [0.25, 0.3) is 0 Å². The predicted octanol–water partition coefficient (Wildman–Crippen LogP) is 4.00. The summed E-state index contributed by atoms with van der Waals surface area (Å²) >= 11 is 0. The second kappa shape index (κ2) is 9.25. The van der Waals surface area contributed by atoms with Gasteiger partial charge in [-0.2, -0.15) is 4.31 Å². The van der Waals surface area contributed by atoms with Crippen LogP contribution < -0.4 is 14.8 Å². The summed E-state index contributed by atoms with van der Waals surface area (Å²) in [7, 11) is -0.682. The van der Waals surface area contributed by atoms with Gasteiger partial charge in [-0.3, -0.25) is 4.79 Å². The highest BCUT2D eigenvalue weighted by Crippen LogP contribution is 2.43. The lowest BCUT2D eigenvalue weighted by Crippen LogP contribution is -2.40. The lowest BCUT2D eigenvalue weighted by atomic mass is 9.89. The minimum atomic E-state index is -3.83. The number of methoxy groups -OCH3 is 2. The van der Waals surface area contributed by atoms with Crippen molar-refractivity contribution in [1.29, 1.82) is 0 Å². The minimum absolute atomic E-state index is 0.168. The first-order chi connectivity index (χ1) is 15.8. The molecule has 4 rings (SSSR count). The van der Waals surface area contributed by atoms with Crippen LogP contribution in [0.15, 0.2) is 71.6 Å². The Kier molecular flexibility index (Phi) is 6.40. The Hall–Kier alpha value is -3.36. The van der Waals surface area contributed by atoms with E-state index in [4.69, 9.17) is 9.47 Å². The number of benzene rings is 3. The van der Waals surface area contributed by atoms with Crippen LogP contribution >= 0.6 is 0 Å². The van der Waals surface area contributed by atoms with Crippen molar-refractivity contribution < 1.29 is 22.7 Å². The number of hydrogen-bond acceptors (Lipinski definition) is 5. The molecule has 0 aliphatic carbocycles. The van der Waals surface area contributed by atoms with Crippen LogP contribution in [0.4, 0.5) is 5.69 Å². The van der Waals surface area contributed by atoms with Crippen LogP contribution in [0.2, 0.25) is 0 Å². The van der Waals surface area contributed by atoms with E-state index in [1.807, 2.05) is 42.5 Å². The molecule has 0 saturated carbocycles. The Morgan fingerprint density at radius 2 is 1.61 bits per heavy atom. The highest BCUT2D eigenvalue weighted by atomic mass is 32.2. The Bertz CT molecular complexity index is 1260. The van der Waals surface area contributed by atoms with E-state index in [2.05, 4.69) is 5.32 Å². The van der Waals surface area contributed by atoms with Crippen molar-refractivity contribution in [3.8, 4) is 11.5 Å². The smallest absolute Gasteiger partial charge is 0.243 e. The maximum Gasteiger partial charge on any atom is 0.243 e. The number of amides is 1. The van der Waals surface area contributed by atoms with Crippen molar-refractivity contribution in [3.05, 3.63) is 83.4 Å². The van der Waals surface area contributed by atoms with Crippen molar-refractivity contribution in [2.45, 2.75) is 24.3 Å². The Labute approximate surface area is 194 Å². The third-order valence-corrected chi connectivity index (χ3v) is 7.60. The van der Waals surface area contributed by atoms with Crippen molar-refractivity contribution >= 4 is 21.6 Å². The van der Waals surface area contributed by atoms with Gasteiger partial charge >= 0.3 is 0 Å². The fourth-order valence-corrected chi connectivity index (χ4v) is 5.81. The number of carbonyl (C=O) groups excluding carboxylic acids is 1. The van der Waals surface area contributed by atoms with Gasteiger partial charge in [0, 0.05) is 19.2 Å². The van der Waals surface area contributed by atoms with E-state index in [0.29, 0.717) is 30.2 Å². The fourth-order valence-electron chi connectivity index (χ4n) is 4.21. The molecule has 0 unspecified atom stereocenters. The maximum atomic E-state index is 13.8. The molecule has 1 aliphatic rings. The summed E-state index contributed by atoms with van der Waals surface area (Å²) in [6.07, 6.45) is 0.544. The number of sulfonamides is 1. The lowest BCUT2D eigenvalue weighted by Gasteiger charge is -2.37. The summed E-state index contributed by atoms with van der Waals surface area (Å²) in [5, 5.41) is 2.66. The van der Waals surface area contributed by atoms with Crippen LogP contribution in [-0.4, -0.2) is 39.4 Å². The zero-order valence-corrected chi connectivity index (χ0v) is 19.6. The Morgan fingerprint density at radius 3 is 2.21 bits per heavy atom. The normalized spacial score (nSPS) is 16.0. The van der Waals surface area contributed by atoms with Crippen molar-refractivity contribution in [2.75, 3.05) is 26.1 Å². The number of anilines is 1. The number of carbonyl (C=O) groups is 1. The van der Waals surface area contributed by atoms with Gasteiger partial charge in [0.25, 0.3) is 0 Å². The molecule has 1 N–H and O–H groups in total. The maximum absolute atomic E-state index is 13.8. The molecule has 1 aliphatic heterocycles. The fraction of sp³-hybridized carbons (Fsp3) is 0.240. The summed E-state index contributed by atoms with van der Waals surface area (Å²) in [6, 6.07) is 19.1. The molecule has 1 atom stereocenters. The third kappa shape index (κ3) is 4.44. The van der Waals surface area contributed by atoms with Crippen molar-refractivity contribution in [3.63, 3.8) is 0 Å². The third-order valence-electron chi connectivity index (χ3n) is 5.73. The summed E-state index contributed by atoms with van der Waals surface area (Å²) in [4.78, 5) is 11.5. The summed E-state index contributed by atoms with van der Waals surface area (Å²) in [5.74, 6) is 0.954. The average Bonchev–Trinajstić information content (AvgIpc) is 2.82. The second-order valence-electron chi connectivity index (χ2n) is 7.79. The van der Waals surface area contributed by atoms with Crippen LogP contribution in [0.1, 0.15) is 29.7 Å². The molecule has 1 amide bonds. The van der Waals surface area contributed by atoms with E-state index < -0.39 is 16.1 Å². The molecule has 3 aromatic carbocycles. The Morgan fingerprint density at radius 1 is 0.970 bits per heavy atom. The summed E-state index contributed by atoms with van der Waals surface area (Å²) < 4.78 is 40.0. The number of hydrogen-bond donors (Lipinski definition) is 1. The van der Waals surface area contributed by atoms with Gasteiger partial charge in [-0.05, 0) is 59.5 Å². The molecule has 8 heteroatoms. The van der Waals surface area contributed by atoms with Gasteiger partial charge in [0.05, 0.1) is 25.2 Å². The van der Waals surface area contributed by atoms with Gasteiger partial charge in [-0.1, -0.05) is 30.3 Å². The van der Waals surface area contributed by atoms with Crippen LogP contribution in [-0.2, 0) is 21.2 Å². The average molecular weight is 467 g/mol.